The van der Waals surface area contributed by atoms with Gasteiger partial charge >= 0.3 is 6.09 Å². The molecular formula is C32H42N2O7. The van der Waals surface area contributed by atoms with Gasteiger partial charge in [0.25, 0.3) is 0 Å². The standard InChI is InChI=1S/C32H42N2O7/c1-31(2)24-13-14-32(31,3)29-22(24)16-28(41-29)40-26(23-15-21(37-4)11-12-25(23)38-5)17-33-27(35)18-34-30(36)39-19-20-9-7-6-8-10-20/h6-12,15,22,24,26,28-29H,13-14,16-19H2,1-5H3,(H,33,35)(H,34,36)/t22-,24-,26-,28-,29-,32+/m1/s1. The second-order valence-electron chi connectivity index (χ2n) is 12.1. The summed E-state index contributed by atoms with van der Waals surface area (Å²) in [5, 5.41) is 5.39. The Bertz CT molecular complexity index is 1240. The first kappa shape index (κ1) is 29.2. The lowest BCUT2D eigenvalue weighted by Crippen LogP contribution is -2.40. The Hall–Kier alpha value is -3.30. The first-order chi connectivity index (χ1) is 19.7. The van der Waals surface area contributed by atoms with Crippen LogP contribution >= 0.6 is 0 Å². The predicted molar refractivity (Wildman–Crippen MR) is 152 cm³/mol. The van der Waals surface area contributed by atoms with Crippen LogP contribution in [-0.4, -0.2) is 51.7 Å². The number of rotatable bonds is 11. The first-order valence-corrected chi connectivity index (χ1v) is 14.4. The first-order valence-electron chi connectivity index (χ1n) is 14.4. The third kappa shape index (κ3) is 5.75. The van der Waals surface area contributed by atoms with Gasteiger partial charge in [-0.1, -0.05) is 51.1 Å². The molecule has 3 aliphatic rings. The second kappa shape index (κ2) is 11.9. The SMILES string of the molecule is COc1ccc(OC)c([C@@H](CNC(=O)CNC(=O)OCc2ccccc2)O[C@H]2C[C@@H]3[C@H]4CC[C@@](C)([C@@H]3O2)C4(C)C)c1. The zero-order chi connectivity index (χ0) is 29.2. The summed E-state index contributed by atoms with van der Waals surface area (Å²) in [4.78, 5) is 24.8. The Morgan fingerprint density at radius 2 is 1.83 bits per heavy atom. The highest BCUT2D eigenvalue weighted by Gasteiger charge is 2.69. The Morgan fingerprint density at radius 1 is 1.05 bits per heavy atom. The lowest BCUT2D eigenvalue weighted by atomic mass is 9.70. The van der Waals surface area contributed by atoms with Crippen molar-refractivity contribution in [2.75, 3.05) is 27.3 Å². The minimum Gasteiger partial charge on any atom is -0.497 e. The van der Waals surface area contributed by atoms with Crippen LogP contribution in [0.3, 0.4) is 0 Å². The third-order valence-electron chi connectivity index (χ3n) is 9.86. The maximum absolute atomic E-state index is 12.7. The van der Waals surface area contributed by atoms with Gasteiger partial charge in [0.2, 0.25) is 5.91 Å². The number of hydrogen-bond donors (Lipinski definition) is 2. The van der Waals surface area contributed by atoms with Gasteiger partial charge in [-0.05, 0) is 59.3 Å². The molecule has 2 N–H and O–H groups in total. The van der Waals surface area contributed by atoms with Gasteiger partial charge in [-0.3, -0.25) is 4.79 Å². The van der Waals surface area contributed by atoms with Crippen molar-refractivity contribution >= 4 is 12.0 Å². The lowest BCUT2D eigenvalue weighted by Gasteiger charge is -2.39. The number of methoxy groups -OCH3 is 2. The number of ether oxygens (including phenoxy) is 5. The normalized spacial score (nSPS) is 28.0. The molecule has 0 aromatic heterocycles. The van der Waals surface area contributed by atoms with Crippen LogP contribution in [0.4, 0.5) is 4.79 Å². The molecule has 2 bridgehead atoms. The molecule has 2 aromatic carbocycles. The molecule has 0 radical (unpaired) electrons. The van der Waals surface area contributed by atoms with E-state index in [0.29, 0.717) is 23.3 Å². The molecule has 2 aliphatic carbocycles. The van der Waals surface area contributed by atoms with Crippen LogP contribution in [0.25, 0.3) is 0 Å². The Morgan fingerprint density at radius 3 is 2.54 bits per heavy atom. The molecule has 9 nitrogen and oxygen atoms in total. The van der Waals surface area contributed by atoms with Crippen molar-refractivity contribution in [1.82, 2.24) is 10.6 Å². The molecule has 1 heterocycles. The molecule has 1 saturated heterocycles. The van der Waals surface area contributed by atoms with E-state index in [4.69, 9.17) is 23.7 Å². The van der Waals surface area contributed by atoms with Crippen LogP contribution in [0, 0.1) is 22.7 Å². The minimum absolute atomic E-state index is 0.124. The predicted octanol–water partition coefficient (Wildman–Crippen LogP) is 4.99. The van der Waals surface area contributed by atoms with Crippen LogP contribution in [-0.2, 0) is 25.6 Å². The summed E-state index contributed by atoms with van der Waals surface area (Å²) in [5.74, 6) is 1.98. The fourth-order valence-corrected chi connectivity index (χ4v) is 7.27. The highest BCUT2D eigenvalue weighted by Crippen LogP contribution is 2.71. The largest absolute Gasteiger partial charge is 0.497 e. The summed E-state index contributed by atoms with van der Waals surface area (Å²) >= 11 is 0. The number of hydrogen-bond acceptors (Lipinski definition) is 7. The molecular weight excluding hydrogens is 524 g/mol. The fraction of sp³-hybridized carbons (Fsp3) is 0.562. The summed E-state index contributed by atoms with van der Waals surface area (Å²) in [6, 6.07) is 14.9. The van der Waals surface area contributed by atoms with Crippen LogP contribution in [0.15, 0.2) is 48.5 Å². The van der Waals surface area contributed by atoms with E-state index in [2.05, 4.69) is 31.4 Å². The number of amides is 2. The van der Waals surface area contributed by atoms with Crippen LogP contribution < -0.4 is 20.1 Å². The summed E-state index contributed by atoms with van der Waals surface area (Å²) in [6.07, 6.45) is 1.76. The van der Waals surface area contributed by atoms with Crippen molar-refractivity contribution in [2.24, 2.45) is 22.7 Å². The molecule has 0 unspecified atom stereocenters. The smallest absolute Gasteiger partial charge is 0.407 e. The number of carbonyl (C=O) groups is 2. The fourth-order valence-electron chi connectivity index (χ4n) is 7.27. The van der Waals surface area contributed by atoms with Crippen molar-refractivity contribution < 1.29 is 33.3 Å². The van der Waals surface area contributed by atoms with E-state index in [1.165, 1.54) is 12.8 Å². The molecule has 6 atom stereocenters. The van der Waals surface area contributed by atoms with Crippen LogP contribution in [0.1, 0.15) is 57.3 Å². The summed E-state index contributed by atoms with van der Waals surface area (Å²) in [5.41, 5.74) is 1.98. The van der Waals surface area contributed by atoms with Gasteiger partial charge in [-0.2, -0.15) is 0 Å². The van der Waals surface area contributed by atoms with E-state index in [0.717, 1.165) is 17.5 Å². The second-order valence-corrected chi connectivity index (χ2v) is 12.1. The zero-order valence-electron chi connectivity index (χ0n) is 24.6. The van der Waals surface area contributed by atoms with E-state index < -0.39 is 18.5 Å². The van der Waals surface area contributed by atoms with Gasteiger partial charge in [0, 0.05) is 18.5 Å². The Kier molecular flexibility index (Phi) is 8.47. The topological polar surface area (TPSA) is 104 Å². The molecule has 0 spiro atoms. The average molecular weight is 567 g/mol. The Labute approximate surface area is 242 Å². The lowest BCUT2D eigenvalue weighted by molar-refractivity contribution is -0.187. The monoisotopic (exact) mass is 566 g/mol. The van der Waals surface area contributed by atoms with Gasteiger partial charge in [-0.25, -0.2) is 4.79 Å². The number of fused-ring (bicyclic) bond motifs is 5. The maximum Gasteiger partial charge on any atom is 0.407 e. The third-order valence-corrected chi connectivity index (χ3v) is 9.86. The highest BCUT2D eigenvalue weighted by molar-refractivity contribution is 5.82. The average Bonchev–Trinajstić information content (AvgIpc) is 3.55. The van der Waals surface area contributed by atoms with Gasteiger partial charge in [-0.15, -0.1) is 0 Å². The van der Waals surface area contributed by atoms with Crippen molar-refractivity contribution in [3.8, 4) is 11.5 Å². The molecule has 1 aliphatic heterocycles. The van der Waals surface area contributed by atoms with Gasteiger partial charge in [0.15, 0.2) is 6.29 Å². The minimum atomic E-state index is -0.664. The number of benzene rings is 2. The summed E-state index contributed by atoms with van der Waals surface area (Å²) in [7, 11) is 3.20. The van der Waals surface area contributed by atoms with E-state index >= 15 is 0 Å². The van der Waals surface area contributed by atoms with Crippen LogP contribution in [0.2, 0.25) is 0 Å². The van der Waals surface area contributed by atoms with Gasteiger partial charge in [0.1, 0.15) is 24.2 Å². The van der Waals surface area contributed by atoms with Gasteiger partial charge < -0.3 is 34.3 Å². The van der Waals surface area contributed by atoms with Crippen molar-refractivity contribution in [3.63, 3.8) is 0 Å². The molecule has 5 rings (SSSR count). The van der Waals surface area contributed by atoms with E-state index in [-0.39, 0.29) is 42.5 Å². The summed E-state index contributed by atoms with van der Waals surface area (Å²) in [6.45, 7) is 7.18. The van der Waals surface area contributed by atoms with Gasteiger partial charge in [0.05, 0.1) is 26.9 Å². The number of nitrogens with one attached hydrogen (secondary N) is 2. The molecule has 2 aromatic rings. The number of carbonyl (C=O) groups excluding carboxylic acids is 2. The van der Waals surface area contributed by atoms with E-state index in [1.807, 2.05) is 48.5 Å². The van der Waals surface area contributed by atoms with Crippen molar-refractivity contribution in [1.29, 1.82) is 0 Å². The van der Waals surface area contributed by atoms with Crippen LogP contribution in [0.5, 0.6) is 11.5 Å². The van der Waals surface area contributed by atoms with Crippen molar-refractivity contribution in [3.05, 3.63) is 59.7 Å². The quantitative estimate of drug-likeness (QED) is 0.395. The highest BCUT2D eigenvalue weighted by atomic mass is 16.7. The number of alkyl carbamates (subject to hydrolysis) is 1. The molecule has 2 amide bonds. The zero-order valence-corrected chi connectivity index (χ0v) is 24.6. The molecule has 222 valence electrons. The van der Waals surface area contributed by atoms with E-state index in [9.17, 15) is 9.59 Å². The molecule has 41 heavy (non-hydrogen) atoms. The van der Waals surface area contributed by atoms with E-state index in [1.54, 1.807) is 14.2 Å². The van der Waals surface area contributed by atoms with Crippen molar-refractivity contribution in [2.45, 2.75) is 65.1 Å². The Balaban J connectivity index is 1.22. The summed E-state index contributed by atoms with van der Waals surface area (Å²) < 4.78 is 29.5. The maximum atomic E-state index is 12.7. The molecule has 3 fully saturated rings. The molecule has 2 saturated carbocycles. The molecule has 9 heteroatoms.